The van der Waals surface area contributed by atoms with E-state index >= 15 is 0 Å². The van der Waals surface area contributed by atoms with Gasteiger partial charge in [-0.2, -0.15) is 9.78 Å². The standard InChI is InChI=1S/C22H30ClN5O2/c1-3-18-17(7-6-9-24-18)16(2)26-10-12-27(13-11-26)19-15-25-28(22(29)21(19)23)20-8-4-5-14-30-20/h6-7,9,15-16,20H,3-5,8,10-14H2,1-2H3/t16-,20?/m0/s1. The summed E-state index contributed by atoms with van der Waals surface area (Å²) in [4.78, 5) is 22.0. The Morgan fingerprint density at radius 2 is 2.07 bits per heavy atom. The highest BCUT2D eigenvalue weighted by Crippen LogP contribution is 2.28. The Bertz CT molecular complexity index is 920. The molecule has 7 nitrogen and oxygen atoms in total. The summed E-state index contributed by atoms with van der Waals surface area (Å²) in [6.07, 6.45) is 7.08. The lowest BCUT2D eigenvalue weighted by molar-refractivity contribution is -0.0424. The molecule has 2 atom stereocenters. The van der Waals surface area contributed by atoms with E-state index in [1.54, 1.807) is 6.20 Å². The highest BCUT2D eigenvalue weighted by atomic mass is 35.5. The van der Waals surface area contributed by atoms with Crippen molar-refractivity contribution in [2.75, 3.05) is 37.7 Å². The number of hydrogen-bond donors (Lipinski definition) is 0. The predicted molar refractivity (Wildman–Crippen MR) is 118 cm³/mol. The van der Waals surface area contributed by atoms with Crippen LogP contribution in [0.15, 0.2) is 29.3 Å². The predicted octanol–water partition coefficient (Wildman–Crippen LogP) is 3.44. The molecule has 2 aliphatic heterocycles. The van der Waals surface area contributed by atoms with E-state index in [0.29, 0.717) is 12.6 Å². The number of ether oxygens (including phenoxy) is 1. The molecule has 4 heterocycles. The molecule has 2 aromatic rings. The second-order valence-electron chi connectivity index (χ2n) is 8.01. The zero-order chi connectivity index (χ0) is 21.1. The average molecular weight is 432 g/mol. The summed E-state index contributed by atoms with van der Waals surface area (Å²) in [5.41, 5.74) is 2.91. The number of halogens is 1. The lowest BCUT2D eigenvalue weighted by Gasteiger charge is -2.39. The van der Waals surface area contributed by atoms with Gasteiger partial charge in [-0.3, -0.25) is 14.7 Å². The minimum absolute atomic E-state index is 0.237. The number of nitrogens with zero attached hydrogens (tertiary/aromatic N) is 5. The molecule has 0 aliphatic carbocycles. The summed E-state index contributed by atoms with van der Waals surface area (Å²) >= 11 is 6.49. The van der Waals surface area contributed by atoms with E-state index in [1.807, 2.05) is 12.3 Å². The van der Waals surface area contributed by atoms with E-state index in [1.165, 1.54) is 10.2 Å². The molecular weight excluding hydrogens is 402 g/mol. The minimum atomic E-state index is -0.303. The molecule has 1 unspecified atom stereocenters. The Balaban J connectivity index is 1.45. The second-order valence-corrected chi connectivity index (χ2v) is 8.38. The fourth-order valence-corrected chi connectivity index (χ4v) is 4.71. The summed E-state index contributed by atoms with van der Waals surface area (Å²) < 4.78 is 7.10. The molecule has 2 aromatic heterocycles. The third kappa shape index (κ3) is 4.24. The summed E-state index contributed by atoms with van der Waals surface area (Å²) in [5, 5.41) is 4.63. The Hall–Kier alpha value is -1.96. The normalized spacial score (nSPS) is 21.6. The summed E-state index contributed by atoms with van der Waals surface area (Å²) in [6, 6.07) is 4.50. The first kappa shape index (κ1) is 21.3. The first-order chi connectivity index (χ1) is 14.6. The van der Waals surface area contributed by atoms with Gasteiger partial charge in [0.15, 0.2) is 6.23 Å². The van der Waals surface area contributed by atoms with E-state index in [9.17, 15) is 4.79 Å². The highest BCUT2D eigenvalue weighted by molar-refractivity contribution is 6.33. The van der Waals surface area contributed by atoms with Crippen molar-refractivity contribution in [2.24, 2.45) is 0 Å². The molecule has 8 heteroatoms. The molecule has 0 saturated carbocycles. The average Bonchev–Trinajstić information content (AvgIpc) is 2.81. The molecule has 0 N–H and O–H groups in total. The van der Waals surface area contributed by atoms with Crippen LogP contribution in [0.25, 0.3) is 0 Å². The van der Waals surface area contributed by atoms with Crippen molar-refractivity contribution in [3.8, 4) is 0 Å². The van der Waals surface area contributed by atoms with Crippen molar-refractivity contribution >= 4 is 17.3 Å². The van der Waals surface area contributed by atoms with Crippen LogP contribution in [0.3, 0.4) is 0 Å². The van der Waals surface area contributed by atoms with Crippen molar-refractivity contribution in [1.82, 2.24) is 19.7 Å². The van der Waals surface area contributed by atoms with E-state index in [4.69, 9.17) is 16.3 Å². The minimum Gasteiger partial charge on any atom is -0.366 e. The van der Waals surface area contributed by atoms with Crippen LogP contribution in [0.5, 0.6) is 0 Å². The maximum atomic E-state index is 12.8. The fraction of sp³-hybridized carbons (Fsp3) is 0.591. The Morgan fingerprint density at radius 1 is 1.27 bits per heavy atom. The molecule has 2 aliphatic rings. The summed E-state index contributed by atoms with van der Waals surface area (Å²) in [7, 11) is 0. The van der Waals surface area contributed by atoms with E-state index in [2.05, 4.69) is 39.8 Å². The van der Waals surface area contributed by atoms with Crippen LogP contribution in [0.4, 0.5) is 5.69 Å². The molecule has 2 saturated heterocycles. The number of piperazine rings is 1. The number of aryl methyl sites for hydroxylation is 1. The van der Waals surface area contributed by atoms with Gasteiger partial charge in [0, 0.05) is 50.7 Å². The second kappa shape index (κ2) is 9.45. The largest absolute Gasteiger partial charge is 0.366 e. The zero-order valence-corrected chi connectivity index (χ0v) is 18.5. The lowest BCUT2D eigenvalue weighted by atomic mass is 10.0. The third-order valence-electron chi connectivity index (χ3n) is 6.27. The molecule has 4 rings (SSSR count). The Morgan fingerprint density at radius 3 is 2.77 bits per heavy atom. The molecule has 30 heavy (non-hydrogen) atoms. The van der Waals surface area contributed by atoms with Gasteiger partial charge in [-0.1, -0.05) is 24.6 Å². The van der Waals surface area contributed by atoms with Crippen molar-refractivity contribution < 1.29 is 4.74 Å². The van der Waals surface area contributed by atoms with Gasteiger partial charge in [-0.15, -0.1) is 0 Å². The SMILES string of the molecule is CCc1ncccc1[C@H](C)N1CCN(c2cnn(C3CCCCO3)c(=O)c2Cl)CC1. The summed E-state index contributed by atoms with van der Waals surface area (Å²) in [6.45, 7) is 8.44. The van der Waals surface area contributed by atoms with Crippen molar-refractivity contribution in [1.29, 1.82) is 0 Å². The van der Waals surface area contributed by atoms with E-state index < -0.39 is 0 Å². The van der Waals surface area contributed by atoms with Crippen LogP contribution in [0, 0.1) is 0 Å². The number of anilines is 1. The first-order valence-corrected chi connectivity index (χ1v) is 11.3. The number of hydrogen-bond acceptors (Lipinski definition) is 6. The lowest BCUT2D eigenvalue weighted by Crippen LogP contribution is -2.48. The van der Waals surface area contributed by atoms with Gasteiger partial charge in [0.25, 0.3) is 5.56 Å². The summed E-state index contributed by atoms with van der Waals surface area (Å²) in [5.74, 6) is 0. The van der Waals surface area contributed by atoms with Crippen LogP contribution in [-0.2, 0) is 11.2 Å². The molecule has 0 aromatic carbocycles. The topological polar surface area (TPSA) is 63.5 Å². The maximum absolute atomic E-state index is 12.8. The monoisotopic (exact) mass is 431 g/mol. The van der Waals surface area contributed by atoms with Crippen LogP contribution >= 0.6 is 11.6 Å². The maximum Gasteiger partial charge on any atom is 0.290 e. The quantitative estimate of drug-likeness (QED) is 0.722. The number of aromatic nitrogens is 3. The van der Waals surface area contributed by atoms with E-state index in [-0.39, 0.29) is 16.8 Å². The molecule has 0 radical (unpaired) electrons. The molecule has 0 amide bonds. The Kier molecular flexibility index (Phi) is 6.71. The van der Waals surface area contributed by atoms with Crippen molar-refractivity contribution in [3.05, 3.63) is 51.2 Å². The molecule has 0 spiro atoms. The Labute approximate surface area is 182 Å². The molecule has 0 bridgehead atoms. The van der Waals surface area contributed by atoms with Gasteiger partial charge in [-0.05, 0) is 44.2 Å². The van der Waals surface area contributed by atoms with Crippen molar-refractivity contribution in [3.63, 3.8) is 0 Å². The number of rotatable bonds is 5. The van der Waals surface area contributed by atoms with Gasteiger partial charge in [0.1, 0.15) is 5.02 Å². The fourth-order valence-electron chi connectivity index (χ4n) is 4.45. The molecule has 162 valence electrons. The smallest absolute Gasteiger partial charge is 0.290 e. The van der Waals surface area contributed by atoms with Crippen LogP contribution < -0.4 is 10.5 Å². The van der Waals surface area contributed by atoms with Crippen LogP contribution in [0.1, 0.15) is 56.6 Å². The zero-order valence-electron chi connectivity index (χ0n) is 17.8. The van der Waals surface area contributed by atoms with Gasteiger partial charge >= 0.3 is 0 Å². The van der Waals surface area contributed by atoms with Crippen LogP contribution in [-0.4, -0.2) is 52.5 Å². The van der Waals surface area contributed by atoms with Gasteiger partial charge in [0.05, 0.1) is 11.9 Å². The molecule has 2 fully saturated rings. The van der Waals surface area contributed by atoms with Crippen LogP contribution in [0.2, 0.25) is 5.02 Å². The van der Waals surface area contributed by atoms with Gasteiger partial charge in [0.2, 0.25) is 0 Å². The third-order valence-corrected chi connectivity index (χ3v) is 6.62. The number of pyridine rings is 1. The van der Waals surface area contributed by atoms with Crippen molar-refractivity contribution in [2.45, 2.75) is 51.8 Å². The van der Waals surface area contributed by atoms with Gasteiger partial charge in [-0.25, -0.2) is 0 Å². The van der Waals surface area contributed by atoms with Gasteiger partial charge < -0.3 is 9.64 Å². The molecular formula is C22H30ClN5O2. The highest BCUT2D eigenvalue weighted by Gasteiger charge is 2.27. The first-order valence-electron chi connectivity index (χ1n) is 10.9. The van der Waals surface area contributed by atoms with E-state index in [0.717, 1.165) is 63.2 Å².